The molecule has 5 nitrogen and oxygen atoms in total. The molecule has 3 atom stereocenters. The summed E-state index contributed by atoms with van der Waals surface area (Å²) >= 11 is 0. The van der Waals surface area contributed by atoms with Gasteiger partial charge in [-0.3, -0.25) is 0 Å². The first kappa shape index (κ1) is 28.5. The van der Waals surface area contributed by atoms with E-state index in [4.69, 9.17) is 18.6 Å². The van der Waals surface area contributed by atoms with Gasteiger partial charge in [0, 0.05) is 0 Å². The number of hydrogen-bond acceptors (Lipinski definition) is 5. The van der Waals surface area contributed by atoms with E-state index in [2.05, 4.69) is 46.9 Å². The summed E-state index contributed by atoms with van der Waals surface area (Å²) in [6.45, 7) is 14.9. The minimum absolute atomic E-state index is 0.00424. The fourth-order valence-electron chi connectivity index (χ4n) is 3.26. The normalized spacial score (nSPS) is 19.4. The molecular formula is C28H44O5Si. The van der Waals surface area contributed by atoms with E-state index < -0.39 is 14.4 Å². The Morgan fingerprint density at radius 2 is 1.88 bits per heavy atom. The smallest absolute Gasteiger partial charge is 0.192 e. The van der Waals surface area contributed by atoms with Gasteiger partial charge in [0.1, 0.15) is 5.75 Å². The van der Waals surface area contributed by atoms with Crippen molar-refractivity contribution >= 4 is 8.32 Å². The molecule has 0 spiro atoms. The lowest BCUT2D eigenvalue weighted by atomic mass is 10.0. The molecule has 0 radical (unpaired) electrons. The average Bonchev–Trinajstić information content (AvgIpc) is 2.79. The molecule has 1 aliphatic heterocycles. The summed E-state index contributed by atoms with van der Waals surface area (Å²) in [5.41, 5.74) is 2.34. The second kappa shape index (κ2) is 13.4. The van der Waals surface area contributed by atoms with Crippen LogP contribution in [-0.4, -0.2) is 52.1 Å². The third kappa shape index (κ3) is 9.51. The standard InChI is InChI=1S/C28H44O5Si/c1-22-17-19-31-25(20-22)15-16-26(29)27(32-21-23-11-13-24(30-5)14-12-23)10-8-9-18-33-34(6,7)28(2,3)4/h8-9,11-17,25-27,29H,10,18-21H2,1-7H3/t25-,26+,27+/m1/s1. The summed E-state index contributed by atoms with van der Waals surface area (Å²) < 4.78 is 23.3. The van der Waals surface area contributed by atoms with Gasteiger partial charge < -0.3 is 23.7 Å². The van der Waals surface area contributed by atoms with E-state index in [9.17, 15) is 5.11 Å². The third-order valence-electron chi connectivity index (χ3n) is 6.67. The van der Waals surface area contributed by atoms with Crippen LogP contribution in [0.3, 0.4) is 0 Å². The molecule has 34 heavy (non-hydrogen) atoms. The predicted molar refractivity (Wildman–Crippen MR) is 142 cm³/mol. The Balaban J connectivity index is 1.98. The Bertz CT molecular complexity index is 820. The molecule has 1 N–H and O–H groups in total. The zero-order valence-corrected chi connectivity index (χ0v) is 23.0. The summed E-state index contributed by atoms with van der Waals surface area (Å²) in [5, 5.41) is 11.1. The molecule has 0 unspecified atom stereocenters. The van der Waals surface area contributed by atoms with Crippen molar-refractivity contribution in [2.45, 2.75) is 83.6 Å². The van der Waals surface area contributed by atoms with Crippen molar-refractivity contribution in [3.63, 3.8) is 0 Å². The van der Waals surface area contributed by atoms with E-state index in [0.717, 1.165) is 17.7 Å². The second-order valence-electron chi connectivity index (χ2n) is 10.5. The Morgan fingerprint density at radius 1 is 1.18 bits per heavy atom. The number of ether oxygens (including phenoxy) is 3. The van der Waals surface area contributed by atoms with E-state index in [1.54, 1.807) is 7.11 Å². The van der Waals surface area contributed by atoms with Crippen molar-refractivity contribution in [2.75, 3.05) is 20.3 Å². The number of methoxy groups -OCH3 is 1. The van der Waals surface area contributed by atoms with Crippen molar-refractivity contribution in [2.24, 2.45) is 0 Å². The lowest BCUT2D eigenvalue weighted by Gasteiger charge is -2.35. The molecule has 0 aromatic heterocycles. The van der Waals surface area contributed by atoms with E-state index >= 15 is 0 Å². The van der Waals surface area contributed by atoms with Crippen LogP contribution >= 0.6 is 0 Å². The molecule has 1 aromatic rings. The zero-order chi connectivity index (χ0) is 25.2. The predicted octanol–water partition coefficient (Wildman–Crippen LogP) is 6.20. The third-order valence-corrected chi connectivity index (χ3v) is 11.2. The molecule has 0 amide bonds. The first-order chi connectivity index (χ1) is 16.0. The molecular weight excluding hydrogens is 444 g/mol. The topological polar surface area (TPSA) is 57.2 Å². The van der Waals surface area contributed by atoms with Crippen molar-refractivity contribution in [1.29, 1.82) is 0 Å². The fraction of sp³-hybridized carbons (Fsp3) is 0.571. The van der Waals surface area contributed by atoms with Crippen LogP contribution < -0.4 is 4.74 Å². The van der Waals surface area contributed by atoms with E-state index in [0.29, 0.717) is 26.2 Å². The van der Waals surface area contributed by atoms with Gasteiger partial charge in [-0.15, -0.1) is 0 Å². The van der Waals surface area contributed by atoms with Crippen LogP contribution in [0.4, 0.5) is 0 Å². The first-order valence-electron chi connectivity index (χ1n) is 12.2. The number of rotatable bonds is 12. The highest BCUT2D eigenvalue weighted by Crippen LogP contribution is 2.36. The second-order valence-corrected chi connectivity index (χ2v) is 15.3. The van der Waals surface area contributed by atoms with Gasteiger partial charge in [0.05, 0.1) is 45.2 Å². The van der Waals surface area contributed by atoms with Crippen LogP contribution in [0, 0.1) is 0 Å². The highest BCUT2D eigenvalue weighted by Gasteiger charge is 2.36. The minimum atomic E-state index is -1.78. The number of benzene rings is 1. The van der Waals surface area contributed by atoms with Crippen LogP contribution in [0.15, 0.2) is 60.2 Å². The number of hydrogen-bond donors (Lipinski definition) is 1. The Kier molecular flexibility index (Phi) is 11.2. The quantitative estimate of drug-likeness (QED) is 0.280. The van der Waals surface area contributed by atoms with Crippen molar-refractivity contribution in [1.82, 2.24) is 0 Å². The van der Waals surface area contributed by atoms with Crippen molar-refractivity contribution in [3.8, 4) is 5.75 Å². The van der Waals surface area contributed by atoms with Crippen molar-refractivity contribution < 1.29 is 23.7 Å². The van der Waals surface area contributed by atoms with Gasteiger partial charge in [-0.2, -0.15) is 0 Å². The molecule has 0 saturated carbocycles. The van der Waals surface area contributed by atoms with Crippen LogP contribution in [-0.2, 0) is 20.5 Å². The highest BCUT2D eigenvalue weighted by molar-refractivity contribution is 6.74. The van der Waals surface area contributed by atoms with Gasteiger partial charge >= 0.3 is 0 Å². The first-order valence-corrected chi connectivity index (χ1v) is 15.1. The Morgan fingerprint density at radius 3 is 2.50 bits per heavy atom. The number of aliphatic hydroxyl groups is 1. The Hall–Kier alpha value is -1.70. The summed E-state index contributed by atoms with van der Waals surface area (Å²) in [7, 11) is -0.129. The zero-order valence-electron chi connectivity index (χ0n) is 22.0. The largest absolute Gasteiger partial charge is 0.497 e. The molecule has 1 heterocycles. The SMILES string of the molecule is COc1ccc(CO[C@@H](CC=CCO[Si](C)(C)C(C)(C)C)[C@@H](O)C=C[C@@H]2CC(C)=CCO2)cc1. The van der Waals surface area contributed by atoms with Crippen LogP contribution in [0.5, 0.6) is 5.75 Å². The average molecular weight is 489 g/mol. The molecule has 0 saturated heterocycles. The van der Waals surface area contributed by atoms with Crippen LogP contribution in [0.25, 0.3) is 0 Å². The maximum Gasteiger partial charge on any atom is 0.192 e. The van der Waals surface area contributed by atoms with E-state index in [1.807, 2.05) is 48.6 Å². The lowest BCUT2D eigenvalue weighted by Crippen LogP contribution is -2.40. The summed E-state index contributed by atoms with van der Waals surface area (Å²) in [4.78, 5) is 0. The molecule has 0 bridgehead atoms. The maximum absolute atomic E-state index is 10.9. The summed E-state index contributed by atoms with van der Waals surface area (Å²) in [5.74, 6) is 0.810. The monoisotopic (exact) mass is 488 g/mol. The van der Waals surface area contributed by atoms with Crippen molar-refractivity contribution in [3.05, 3.63) is 65.8 Å². The molecule has 1 aromatic carbocycles. The van der Waals surface area contributed by atoms with Gasteiger partial charge in [-0.05, 0) is 55.6 Å². The summed E-state index contributed by atoms with van der Waals surface area (Å²) in [6, 6.07) is 7.79. The fourth-order valence-corrected chi connectivity index (χ4v) is 4.21. The van der Waals surface area contributed by atoms with Gasteiger partial charge in [0.15, 0.2) is 8.32 Å². The maximum atomic E-state index is 10.9. The molecule has 0 aliphatic carbocycles. The Labute approximate surface area is 207 Å². The van der Waals surface area contributed by atoms with Gasteiger partial charge in [-0.1, -0.05) is 68.9 Å². The van der Waals surface area contributed by atoms with Gasteiger partial charge in [-0.25, -0.2) is 0 Å². The molecule has 1 aliphatic rings. The highest BCUT2D eigenvalue weighted by atomic mass is 28.4. The number of aliphatic hydroxyl groups excluding tert-OH is 1. The molecule has 0 fully saturated rings. The lowest BCUT2D eigenvalue weighted by molar-refractivity contribution is -0.0251. The molecule has 2 rings (SSSR count). The minimum Gasteiger partial charge on any atom is -0.497 e. The van der Waals surface area contributed by atoms with Gasteiger partial charge in [0.25, 0.3) is 0 Å². The van der Waals surface area contributed by atoms with E-state index in [1.165, 1.54) is 5.57 Å². The molecule has 190 valence electrons. The van der Waals surface area contributed by atoms with Crippen LogP contribution in [0.2, 0.25) is 18.1 Å². The van der Waals surface area contributed by atoms with Gasteiger partial charge in [0.2, 0.25) is 0 Å². The van der Waals surface area contributed by atoms with Crippen LogP contribution in [0.1, 0.15) is 46.1 Å². The summed E-state index contributed by atoms with van der Waals surface area (Å²) in [6.07, 6.45) is 10.3. The molecule has 6 heteroatoms. The van der Waals surface area contributed by atoms with E-state index in [-0.39, 0.29) is 17.2 Å².